The second-order valence-electron chi connectivity index (χ2n) is 12.1. The summed E-state index contributed by atoms with van der Waals surface area (Å²) in [4.78, 5) is 12.2. The summed E-state index contributed by atoms with van der Waals surface area (Å²) in [5.74, 6) is 0.295. The van der Waals surface area contributed by atoms with E-state index in [4.69, 9.17) is 9.47 Å². The van der Waals surface area contributed by atoms with E-state index in [9.17, 15) is 4.79 Å². The molecule has 0 radical (unpaired) electrons. The second-order valence-corrected chi connectivity index (χ2v) is 12.1. The first-order valence-electron chi connectivity index (χ1n) is 17.3. The van der Waals surface area contributed by atoms with Crippen LogP contribution >= 0.6 is 0 Å². The van der Waals surface area contributed by atoms with E-state index < -0.39 is 0 Å². The molecule has 1 atom stereocenters. The number of aromatic nitrogens is 1. The monoisotopic (exact) mass is 561 g/mol. The molecule has 1 aromatic rings. The Balaban J connectivity index is 1.90. The lowest BCUT2D eigenvalue weighted by atomic mass is 10.0. The summed E-state index contributed by atoms with van der Waals surface area (Å²) in [5.41, 5.74) is 1.30. The third kappa shape index (κ3) is 23.3. The molecule has 40 heavy (non-hydrogen) atoms. The van der Waals surface area contributed by atoms with Crippen LogP contribution in [-0.4, -0.2) is 25.8 Å². The molecule has 1 rings (SSSR count). The number of esters is 1. The molecule has 0 N–H and O–H groups in total. The normalized spacial score (nSPS) is 12.1. The van der Waals surface area contributed by atoms with Gasteiger partial charge in [0, 0.05) is 37.5 Å². The molecule has 0 spiro atoms. The van der Waals surface area contributed by atoms with E-state index >= 15 is 0 Å². The van der Waals surface area contributed by atoms with Crippen molar-refractivity contribution in [3.63, 3.8) is 0 Å². The lowest BCUT2D eigenvalue weighted by Crippen LogP contribution is -2.32. The maximum absolute atomic E-state index is 12.2. The van der Waals surface area contributed by atoms with Gasteiger partial charge in [0.1, 0.15) is 6.54 Å². The maximum atomic E-state index is 12.2. The van der Waals surface area contributed by atoms with Gasteiger partial charge in [-0.15, -0.1) is 0 Å². The molecular weight excluding hydrogens is 494 g/mol. The first-order chi connectivity index (χ1) is 19.7. The summed E-state index contributed by atoms with van der Waals surface area (Å²) in [5, 5.41) is 0. The Bertz CT molecular complexity index is 675. The number of ether oxygens (including phenoxy) is 2. The predicted molar refractivity (Wildman–Crippen MR) is 170 cm³/mol. The number of rotatable bonds is 29. The molecule has 232 valence electrons. The van der Waals surface area contributed by atoms with E-state index in [1.165, 1.54) is 108 Å². The van der Waals surface area contributed by atoms with Crippen LogP contribution in [0.15, 0.2) is 24.5 Å². The van der Waals surface area contributed by atoms with Crippen LogP contribution in [-0.2, 0) is 20.8 Å². The number of carbonyl (C=O) groups excluding carboxylic acids is 1. The minimum atomic E-state index is -0.0386. The fourth-order valence-electron chi connectivity index (χ4n) is 5.33. The Morgan fingerprint density at radius 3 is 1.77 bits per heavy atom. The van der Waals surface area contributed by atoms with Crippen LogP contribution in [0, 0.1) is 12.8 Å². The van der Waals surface area contributed by atoms with Gasteiger partial charge in [0.25, 0.3) is 0 Å². The van der Waals surface area contributed by atoms with E-state index in [2.05, 4.69) is 49.9 Å². The van der Waals surface area contributed by atoms with E-state index in [-0.39, 0.29) is 5.97 Å². The van der Waals surface area contributed by atoms with Gasteiger partial charge in [0.2, 0.25) is 0 Å². The van der Waals surface area contributed by atoms with Crippen molar-refractivity contribution in [1.29, 1.82) is 0 Å². The first-order valence-corrected chi connectivity index (χ1v) is 17.3. The smallest absolute Gasteiger partial charge is 0.305 e. The molecule has 1 aromatic heterocycles. The fraction of sp³-hybridized carbons (Fsp3) is 0.833. The Morgan fingerprint density at radius 2 is 1.20 bits per heavy atom. The van der Waals surface area contributed by atoms with Crippen LogP contribution in [0.1, 0.15) is 161 Å². The Hall–Kier alpha value is -1.42. The molecule has 0 aliphatic rings. The van der Waals surface area contributed by atoms with Gasteiger partial charge in [0.15, 0.2) is 12.4 Å². The third-order valence-electron chi connectivity index (χ3n) is 8.03. The van der Waals surface area contributed by atoms with Crippen molar-refractivity contribution in [3.05, 3.63) is 30.1 Å². The summed E-state index contributed by atoms with van der Waals surface area (Å²) < 4.78 is 13.8. The highest BCUT2D eigenvalue weighted by Gasteiger charge is 2.12. The number of pyridine rings is 1. The van der Waals surface area contributed by atoms with Crippen molar-refractivity contribution in [1.82, 2.24) is 0 Å². The summed E-state index contributed by atoms with van der Waals surface area (Å²) in [6.45, 7) is 9.75. The van der Waals surface area contributed by atoms with E-state index in [0.717, 1.165) is 51.9 Å². The standard InChI is InChI=1S/C36H66NO3/c1-4-6-7-8-9-10-11-12-13-14-15-16-20-23-31-39-32-35(24-5-2)33-40-36(38)25-21-18-17-19-22-28-37-29-26-34(3)27-30-37/h26-27,29-30,35H,4-25,28,31-33H2,1-3H3/q+1. The Labute approximate surface area is 249 Å². The lowest BCUT2D eigenvalue weighted by molar-refractivity contribution is -0.697. The van der Waals surface area contributed by atoms with Crippen LogP contribution < -0.4 is 4.57 Å². The molecule has 4 heteroatoms. The average molecular weight is 561 g/mol. The van der Waals surface area contributed by atoms with Crippen LogP contribution in [0.5, 0.6) is 0 Å². The van der Waals surface area contributed by atoms with Crippen LogP contribution in [0.4, 0.5) is 0 Å². The number of unbranched alkanes of at least 4 members (excludes halogenated alkanes) is 17. The van der Waals surface area contributed by atoms with Crippen molar-refractivity contribution < 1.29 is 18.8 Å². The SMILES string of the molecule is CCCCCCCCCCCCCCCCOCC(CCC)COC(=O)CCCCCCC[n+]1ccc(C)cc1. The molecule has 0 saturated heterocycles. The molecular formula is C36H66NO3+. The zero-order chi connectivity index (χ0) is 28.9. The number of hydrogen-bond donors (Lipinski definition) is 0. The van der Waals surface area contributed by atoms with Gasteiger partial charge in [-0.2, -0.15) is 0 Å². The molecule has 0 fully saturated rings. The minimum absolute atomic E-state index is 0.0386. The summed E-state index contributed by atoms with van der Waals surface area (Å²) in [6.07, 6.45) is 32.0. The fourth-order valence-corrected chi connectivity index (χ4v) is 5.33. The lowest BCUT2D eigenvalue weighted by Gasteiger charge is -2.16. The molecule has 1 heterocycles. The van der Waals surface area contributed by atoms with Gasteiger partial charge in [-0.05, 0) is 38.2 Å². The highest BCUT2D eigenvalue weighted by Crippen LogP contribution is 2.14. The van der Waals surface area contributed by atoms with Crippen molar-refractivity contribution >= 4 is 5.97 Å². The quantitative estimate of drug-likeness (QED) is 0.0556. The first kappa shape index (κ1) is 36.6. The highest BCUT2D eigenvalue weighted by molar-refractivity contribution is 5.69. The number of aryl methyl sites for hydroxylation is 2. The summed E-state index contributed by atoms with van der Waals surface area (Å²) >= 11 is 0. The van der Waals surface area contributed by atoms with Gasteiger partial charge in [0.05, 0.1) is 13.2 Å². The largest absolute Gasteiger partial charge is 0.465 e. The van der Waals surface area contributed by atoms with Gasteiger partial charge in [-0.25, -0.2) is 4.57 Å². The van der Waals surface area contributed by atoms with Crippen LogP contribution in [0.3, 0.4) is 0 Å². The Morgan fingerprint density at radius 1 is 0.675 bits per heavy atom. The molecule has 0 amide bonds. The molecule has 4 nitrogen and oxygen atoms in total. The van der Waals surface area contributed by atoms with E-state index in [1.54, 1.807) is 0 Å². The van der Waals surface area contributed by atoms with Gasteiger partial charge in [-0.3, -0.25) is 4.79 Å². The number of hydrogen-bond acceptors (Lipinski definition) is 3. The molecule has 0 aliphatic heterocycles. The topological polar surface area (TPSA) is 39.4 Å². The summed E-state index contributed by atoms with van der Waals surface area (Å²) in [7, 11) is 0. The third-order valence-corrected chi connectivity index (χ3v) is 8.03. The van der Waals surface area contributed by atoms with Gasteiger partial charge >= 0.3 is 5.97 Å². The van der Waals surface area contributed by atoms with Crippen LogP contribution in [0.2, 0.25) is 0 Å². The molecule has 0 saturated carbocycles. The van der Waals surface area contributed by atoms with E-state index in [1.807, 2.05) is 0 Å². The van der Waals surface area contributed by atoms with Gasteiger partial charge in [-0.1, -0.05) is 117 Å². The van der Waals surface area contributed by atoms with Crippen molar-refractivity contribution in [2.45, 2.75) is 169 Å². The van der Waals surface area contributed by atoms with Crippen molar-refractivity contribution in [2.24, 2.45) is 5.92 Å². The molecule has 1 unspecified atom stereocenters. The zero-order valence-electron chi connectivity index (χ0n) is 26.9. The number of carbonyl (C=O) groups is 1. The second kappa shape index (κ2) is 27.7. The molecule has 0 aromatic carbocycles. The van der Waals surface area contributed by atoms with E-state index in [0.29, 0.717) is 18.9 Å². The predicted octanol–water partition coefficient (Wildman–Crippen LogP) is 10.1. The average Bonchev–Trinajstić information content (AvgIpc) is 2.96. The number of nitrogens with zero attached hydrogens (tertiary/aromatic N) is 1. The summed E-state index contributed by atoms with van der Waals surface area (Å²) in [6, 6.07) is 4.31. The Kier molecular flexibility index (Phi) is 25.4. The maximum Gasteiger partial charge on any atom is 0.305 e. The molecule has 0 aliphatic carbocycles. The van der Waals surface area contributed by atoms with Crippen molar-refractivity contribution in [3.8, 4) is 0 Å². The zero-order valence-corrected chi connectivity index (χ0v) is 26.9. The minimum Gasteiger partial charge on any atom is -0.465 e. The van der Waals surface area contributed by atoms with Crippen LogP contribution in [0.25, 0.3) is 0 Å². The molecule has 0 bridgehead atoms. The van der Waals surface area contributed by atoms with Gasteiger partial charge < -0.3 is 9.47 Å². The van der Waals surface area contributed by atoms with Crippen molar-refractivity contribution in [2.75, 3.05) is 19.8 Å². The highest BCUT2D eigenvalue weighted by atomic mass is 16.5.